The summed E-state index contributed by atoms with van der Waals surface area (Å²) in [5.74, 6) is 1.38. The molecule has 0 spiro atoms. The number of nitrogens with zero attached hydrogens (tertiary/aromatic N) is 1. The maximum Gasteiger partial charge on any atom is 0.191 e. The third-order valence-electron chi connectivity index (χ3n) is 3.87. The molecular formula is C17H26FN3O3S. The lowest BCUT2D eigenvalue weighted by Crippen LogP contribution is -2.40. The van der Waals surface area contributed by atoms with Gasteiger partial charge in [0.25, 0.3) is 0 Å². The zero-order valence-electron chi connectivity index (χ0n) is 14.7. The zero-order valence-corrected chi connectivity index (χ0v) is 15.5. The van der Waals surface area contributed by atoms with Crippen LogP contribution >= 0.6 is 0 Å². The summed E-state index contributed by atoms with van der Waals surface area (Å²) in [4.78, 5) is 4.46. The molecule has 0 aliphatic carbocycles. The smallest absolute Gasteiger partial charge is 0.191 e. The van der Waals surface area contributed by atoms with Gasteiger partial charge in [-0.3, -0.25) is 0 Å². The van der Waals surface area contributed by atoms with Crippen LogP contribution in [0.25, 0.3) is 0 Å². The highest BCUT2D eigenvalue weighted by Gasteiger charge is 2.27. The number of halogens is 1. The Morgan fingerprint density at radius 1 is 1.44 bits per heavy atom. The van der Waals surface area contributed by atoms with Crippen LogP contribution in [-0.2, 0) is 9.84 Å². The van der Waals surface area contributed by atoms with Crippen molar-refractivity contribution in [3.8, 4) is 5.75 Å². The van der Waals surface area contributed by atoms with Gasteiger partial charge in [-0.15, -0.1) is 0 Å². The number of guanidine groups is 1. The Hall–Kier alpha value is -1.83. The second-order valence-electron chi connectivity index (χ2n) is 6.26. The minimum absolute atomic E-state index is 0.120. The van der Waals surface area contributed by atoms with Crippen molar-refractivity contribution in [3.05, 3.63) is 30.1 Å². The summed E-state index contributed by atoms with van der Waals surface area (Å²) in [7, 11) is -2.87. The van der Waals surface area contributed by atoms with E-state index in [0.29, 0.717) is 37.8 Å². The number of hydrogen-bond donors (Lipinski definition) is 2. The van der Waals surface area contributed by atoms with Crippen LogP contribution < -0.4 is 15.4 Å². The molecule has 140 valence electrons. The highest BCUT2D eigenvalue weighted by molar-refractivity contribution is 7.91. The normalized spacial score (nSPS) is 20.9. The van der Waals surface area contributed by atoms with Gasteiger partial charge >= 0.3 is 0 Å². The Balaban J connectivity index is 1.83. The van der Waals surface area contributed by atoms with E-state index in [1.54, 1.807) is 12.1 Å². The highest BCUT2D eigenvalue weighted by atomic mass is 32.2. The molecule has 0 amide bonds. The van der Waals surface area contributed by atoms with E-state index in [0.717, 1.165) is 0 Å². The SMILES string of the molecule is CCNC(=NCC(C)Oc1cccc(F)c1)NCC1CCS(=O)(=O)C1. The Morgan fingerprint density at radius 2 is 2.24 bits per heavy atom. The van der Waals surface area contributed by atoms with Gasteiger partial charge in [-0.1, -0.05) is 6.07 Å². The van der Waals surface area contributed by atoms with Crippen LogP contribution in [0.1, 0.15) is 20.3 Å². The Bertz CT molecular complexity index is 694. The third kappa shape index (κ3) is 6.89. The lowest BCUT2D eigenvalue weighted by atomic mass is 10.1. The summed E-state index contributed by atoms with van der Waals surface area (Å²) in [5, 5.41) is 6.32. The third-order valence-corrected chi connectivity index (χ3v) is 5.71. The fourth-order valence-electron chi connectivity index (χ4n) is 2.65. The predicted molar refractivity (Wildman–Crippen MR) is 97.2 cm³/mol. The van der Waals surface area contributed by atoms with Crippen LogP contribution in [0.3, 0.4) is 0 Å². The first-order valence-electron chi connectivity index (χ1n) is 8.53. The van der Waals surface area contributed by atoms with Crippen molar-refractivity contribution in [3.63, 3.8) is 0 Å². The zero-order chi connectivity index (χ0) is 18.3. The van der Waals surface area contributed by atoms with E-state index in [4.69, 9.17) is 4.74 Å². The van der Waals surface area contributed by atoms with E-state index < -0.39 is 9.84 Å². The first-order valence-corrected chi connectivity index (χ1v) is 10.3. The summed E-state index contributed by atoms with van der Waals surface area (Å²) in [6, 6.07) is 6.01. The van der Waals surface area contributed by atoms with Crippen LogP contribution in [0.5, 0.6) is 5.75 Å². The molecule has 0 aromatic heterocycles. The summed E-state index contributed by atoms with van der Waals surface area (Å²) in [5.41, 5.74) is 0. The van der Waals surface area contributed by atoms with Crippen LogP contribution in [0.2, 0.25) is 0 Å². The van der Waals surface area contributed by atoms with Crippen LogP contribution in [0.4, 0.5) is 4.39 Å². The molecule has 0 saturated carbocycles. The largest absolute Gasteiger partial charge is 0.489 e. The van der Waals surface area contributed by atoms with Crippen LogP contribution in [0, 0.1) is 11.7 Å². The summed E-state index contributed by atoms with van der Waals surface area (Å²) < 4.78 is 41.8. The molecule has 1 heterocycles. The fourth-order valence-corrected chi connectivity index (χ4v) is 4.51. The van der Waals surface area contributed by atoms with E-state index in [1.165, 1.54) is 12.1 Å². The van der Waals surface area contributed by atoms with Crippen LogP contribution in [0.15, 0.2) is 29.3 Å². The number of sulfone groups is 1. The van der Waals surface area contributed by atoms with Gasteiger partial charge in [0.1, 0.15) is 17.7 Å². The fraction of sp³-hybridized carbons (Fsp3) is 0.588. The standard InChI is InChI=1S/C17H26FN3O3S/c1-3-19-17(21-11-14-7-8-25(22,23)12-14)20-10-13(2)24-16-6-4-5-15(18)9-16/h4-6,9,13-14H,3,7-8,10-12H2,1-2H3,(H2,19,20,21). The summed E-state index contributed by atoms with van der Waals surface area (Å²) in [6.07, 6.45) is 0.470. The second-order valence-corrected chi connectivity index (χ2v) is 8.48. The lowest BCUT2D eigenvalue weighted by Gasteiger charge is -2.16. The molecule has 1 fully saturated rings. The van der Waals surface area contributed by atoms with E-state index in [9.17, 15) is 12.8 Å². The molecule has 2 atom stereocenters. The van der Waals surface area contributed by atoms with Crippen molar-refractivity contribution >= 4 is 15.8 Å². The monoisotopic (exact) mass is 371 g/mol. The minimum atomic E-state index is -2.87. The predicted octanol–water partition coefficient (Wildman–Crippen LogP) is 1.58. The Labute approximate surface area is 148 Å². The second kappa shape index (κ2) is 9.03. The topological polar surface area (TPSA) is 79.8 Å². The number of nitrogens with one attached hydrogen (secondary N) is 2. The molecule has 25 heavy (non-hydrogen) atoms. The molecule has 2 unspecified atom stereocenters. The van der Waals surface area contributed by atoms with Gasteiger partial charge in [0.15, 0.2) is 15.8 Å². The quantitative estimate of drug-likeness (QED) is 0.562. The van der Waals surface area contributed by atoms with Gasteiger partial charge in [-0.2, -0.15) is 0 Å². The van der Waals surface area contributed by atoms with Crippen molar-refractivity contribution in [2.75, 3.05) is 31.1 Å². The first-order chi connectivity index (χ1) is 11.9. The molecule has 2 rings (SSSR count). The van der Waals surface area contributed by atoms with Crippen molar-refractivity contribution < 1.29 is 17.5 Å². The van der Waals surface area contributed by atoms with E-state index >= 15 is 0 Å². The number of ether oxygens (including phenoxy) is 1. The molecule has 1 aliphatic rings. The molecule has 8 heteroatoms. The molecule has 2 N–H and O–H groups in total. The number of rotatable bonds is 7. The van der Waals surface area contributed by atoms with Gasteiger partial charge in [0.2, 0.25) is 0 Å². The number of benzene rings is 1. The molecule has 1 aliphatic heterocycles. The lowest BCUT2D eigenvalue weighted by molar-refractivity contribution is 0.229. The Kier molecular flexibility index (Phi) is 7.04. The number of hydrogen-bond acceptors (Lipinski definition) is 4. The van der Waals surface area contributed by atoms with Gasteiger partial charge in [-0.25, -0.2) is 17.8 Å². The van der Waals surface area contributed by atoms with E-state index in [-0.39, 0.29) is 29.3 Å². The van der Waals surface area contributed by atoms with Crippen molar-refractivity contribution in [1.29, 1.82) is 0 Å². The molecular weight excluding hydrogens is 345 g/mol. The van der Waals surface area contributed by atoms with Crippen molar-refractivity contribution in [1.82, 2.24) is 10.6 Å². The minimum Gasteiger partial charge on any atom is -0.489 e. The van der Waals surface area contributed by atoms with E-state index in [2.05, 4.69) is 15.6 Å². The van der Waals surface area contributed by atoms with Gasteiger partial charge in [0.05, 0.1) is 18.1 Å². The first kappa shape index (κ1) is 19.5. The molecule has 6 nitrogen and oxygen atoms in total. The van der Waals surface area contributed by atoms with Crippen molar-refractivity contribution in [2.24, 2.45) is 10.9 Å². The molecule has 0 bridgehead atoms. The summed E-state index contributed by atoms with van der Waals surface area (Å²) in [6.45, 7) is 5.50. The molecule has 1 saturated heterocycles. The van der Waals surface area contributed by atoms with Gasteiger partial charge in [0, 0.05) is 19.2 Å². The Morgan fingerprint density at radius 3 is 2.88 bits per heavy atom. The van der Waals surface area contributed by atoms with Gasteiger partial charge < -0.3 is 15.4 Å². The highest BCUT2D eigenvalue weighted by Crippen LogP contribution is 2.17. The average Bonchev–Trinajstić information content (AvgIpc) is 2.89. The van der Waals surface area contributed by atoms with E-state index in [1.807, 2.05) is 13.8 Å². The molecule has 1 aromatic rings. The summed E-state index contributed by atoms with van der Waals surface area (Å²) >= 11 is 0. The van der Waals surface area contributed by atoms with Gasteiger partial charge in [-0.05, 0) is 38.3 Å². The molecule has 1 aromatic carbocycles. The molecule has 0 radical (unpaired) electrons. The van der Waals surface area contributed by atoms with Crippen LogP contribution in [-0.4, -0.2) is 51.6 Å². The maximum atomic E-state index is 13.2. The maximum absolute atomic E-state index is 13.2. The average molecular weight is 371 g/mol. The van der Waals surface area contributed by atoms with Crippen molar-refractivity contribution in [2.45, 2.75) is 26.4 Å². The number of aliphatic imine (C=N–C) groups is 1.